The molecule has 2 aliphatic heterocycles. The standard InChI is InChI=1S/C22H22NO6P/c1-13-18-17(14(2)24)21(25)23(18)19(22(26)27)20(13)29-30(28,15-9-5-3-6-10-15)16-11-7-4-8-12-16/h3-14,17-18,24H,1-2H3,(H,26,27)/t13?,14-,17?,18?/m1/s1. The summed E-state index contributed by atoms with van der Waals surface area (Å²) in [4.78, 5) is 25.7. The van der Waals surface area contributed by atoms with E-state index in [1.165, 1.54) is 6.92 Å². The number of benzene rings is 2. The van der Waals surface area contributed by atoms with E-state index in [0.717, 1.165) is 4.90 Å². The minimum absolute atomic E-state index is 0.0000365. The number of rotatable bonds is 6. The minimum Gasteiger partial charge on any atom is -0.476 e. The number of aliphatic carboxylic acids is 1. The number of aliphatic hydroxyl groups excluding tert-OH is 1. The molecule has 4 rings (SSSR count). The molecule has 1 fully saturated rings. The maximum atomic E-state index is 14.2. The molecule has 4 atom stereocenters. The molecule has 1 saturated heterocycles. The van der Waals surface area contributed by atoms with Gasteiger partial charge in [0, 0.05) is 5.92 Å². The Morgan fingerprint density at radius 1 is 1.07 bits per heavy atom. The highest BCUT2D eigenvalue weighted by molar-refractivity contribution is 7.74. The van der Waals surface area contributed by atoms with Gasteiger partial charge >= 0.3 is 13.3 Å². The van der Waals surface area contributed by atoms with Crippen molar-refractivity contribution in [1.82, 2.24) is 4.90 Å². The summed E-state index contributed by atoms with van der Waals surface area (Å²) in [6.45, 7) is 3.23. The first-order valence-electron chi connectivity index (χ1n) is 9.67. The zero-order valence-electron chi connectivity index (χ0n) is 16.5. The predicted octanol–water partition coefficient (Wildman–Crippen LogP) is 2.09. The summed E-state index contributed by atoms with van der Waals surface area (Å²) in [7, 11) is -3.70. The van der Waals surface area contributed by atoms with Crippen LogP contribution in [0.4, 0.5) is 0 Å². The van der Waals surface area contributed by atoms with Gasteiger partial charge in [0.05, 0.1) is 28.7 Å². The lowest BCUT2D eigenvalue weighted by Gasteiger charge is -2.46. The van der Waals surface area contributed by atoms with Crippen molar-refractivity contribution in [2.75, 3.05) is 0 Å². The van der Waals surface area contributed by atoms with Crippen molar-refractivity contribution in [3.63, 3.8) is 0 Å². The Hall–Kier alpha value is -2.89. The lowest BCUT2D eigenvalue weighted by atomic mass is 9.79. The van der Waals surface area contributed by atoms with E-state index in [2.05, 4.69) is 0 Å². The van der Waals surface area contributed by atoms with Crippen molar-refractivity contribution in [3.05, 3.63) is 72.1 Å². The SMILES string of the molecule is CC1C(OP(=O)(c2ccccc2)c2ccccc2)=C(C(=O)O)N2C(=O)C([C@@H](C)O)C12. The fourth-order valence-corrected chi connectivity index (χ4v) is 6.45. The Labute approximate surface area is 174 Å². The van der Waals surface area contributed by atoms with Crippen LogP contribution in [0.1, 0.15) is 13.8 Å². The van der Waals surface area contributed by atoms with Gasteiger partial charge in [0.15, 0.2) is 5.70 Å². The summed E-state index contributed by atoms with van der Waals surface area (Å²) in [5.74, 6) is -3.05. The smallest absolute Gasteiger partial charge is 0.356 e. The van der Waals surface area contributed by atoms with Crippen molar-refractivity contribution in [1.29, 1.82) is 0 Å². The Balaban J connectivity index is 1.83. The Bertz CT molecular complexity index is 1020. The van der Waals surface area contributed by atoms with Crippen LogP contribution in [0.3, 0.4) is 0 Å². The van der Waals surface area contributed by atoms with E-state index in [4.69, 9.17) is 4.52 Å². The Morgan fingerprint density at radius 2 is 1.57 bits per heavy atom. The second kappa shape index (κ2) is 7.42. The van der Waals surface area contributed by atoms with E-state index in [1.54, 1.807) is 67.6 Å². The van der Waals surface area contributed by atoms with E-state index in [9.17, 15) is 24.4 Å². The first-order valence-corrected chi connectivity index (χ1v) is 11.3. The molecule has 2 aromatic rings. The van der Waals surface area contributed by atoms with Crippen LogP contribution in [0.5, 0.6) is 0 Å². The first kappa shape index (κ1) is 20.4. The maximum absolute atomic E-state index is 14.2. The zero-order chi connectivity index (χ0) is 21.6. The summed E-state index contributed by atoms with van der Waals surface area (Å²) < 4.78 is 20.3. The van der Waals surface area contributed by atoms with E-state index < -0.39 is 43.2 Å². The van der Waals surface area contributed by atoms with Gasteiger partial charge in [0.2, 0.25) is 5.91 Å². The molecule has 0 spiro atoms. The number of nitrogens with zero attached hydrogens (tertiary/aromatic N) is 1. The molecular weight excluding hydrogens is 405 g/mol. The van der Waals surface area contributed by atoms with Crippen molar-refractivity contribution >= 4 is 29.9 Å². The number of β-lactam (4-membered cyclic amide) rings is 1. The van der Waals surface area contributed by atoms with Crippen LogP contribution in [0.15, 0.2) is 72.1 Å². The van der Waals surface area contributed by atoms with Crippen molar-refractivity contribution in [2.24, 2.45) is 11.8 Å². The third-order valence-electron chi connectivity index (χ3n) is 5.73. The predicted molar refractivity (Wildman–Crippen MR) is 110 cm³/mol. The third kappa shape index (κ3) is 2.97. The molecule has 7 nitrogen and oxygen atoms in total. The van der Waals surface area contributed by atoms with E-state index in [-0.39, 0.29) is 11.5 Å². The van der Waals surface area contributed by atoms with Gasteiger partial charge in [-0.3, -0.25) is 14.3 Å². The lowest BCUT2D eigenvalue weighted by Crippen LogP contribution is -2.63. The number of carbonyl (C=O) groups is 2. The van der Waals surface area contributed by atoms with Crippen LogP contribution < -0.4 is 10.6 Å². The molecule has 2 heterocycles. The topological polar surface area (TPSA) is 104 Å². The molecule has 1 amide bonds. The second-order valence-electron chi connectivity index (χ2n) is 7.59. The van der Waals surface area contributed by atoms with E-state index in [0.29, 0.717) is 10.6 Å². The van der Waals surface area contributed by atoms with Crippen molar-refractivity contribution in [3.8, 4) is 0 Å². The molecule has 0 aromatic heterocycles. The second-order valence-corrected chi connectivity index (χ2v) is 9.90. The number of carbonyl (C=O) groups excluding carboxylic acids is 1. The fourth-order valence-electron chi connectivity index (χ4n) is 4.28. The van der Waals surface area contributed by atoms with E-state index >= 15 is 0 Å². The lowest BCUT2D eigenvalue weighted by molar-refractivity contribution is -0.163. The molecule has 8 heteroatoms. The van der Waals surface area contributed by atoms with Gasteiger partial charge in [-0.15, -0.1) is 0 Å². The number of amides is 1. The molecule has 2 aromatic carbocycles. The Morgan fingerprint density at radius 3 is 2.00 bits per heavy atom. The number of carboxylic acid groups (broad SMARTS) is 1. The van der Waals surface area contributed by atoms with Crippen LogP contribution in [0, 0.1) is 11.8 Å². The van der Waals surface area contributed by atoms with Crippen LogP contribution in [0.25, 0.3) is 0 Å². The molecule has 0 radical (unpaired) electrons. The van der Waals surface area contributed by atoms with Gasteiger partial charge in [-0.25, -0.2) is 4.79 Å². The molecule has 2 aliphatic rings. The minimum atomic E-state index is -3.70. The quantitative estimate of drug-likeness (QED) is 0.541. The normalized spacial score (nSPS) is 24.3. The summed E-state index contributed by atoms with van der Waals surface area (Å²) in [6, 6.07) is 16.7. The molecule has 30 heavy (non-hydrogen) atoms. The summed E-state index contributed by atoms with van der Waals surface area (Å²) in [5.41, 5.74) is -0.304. The van der Waals surface area contributed by atoms with Gasteiger partial charge in [0.25, 0.3) is 0 Å². The van der Waals surface area contributed by atoms with Crippen molar-refractivity contribution < 1.29 is 28.9 Å². The number of hydrogen-bond acceptors (Lipinski definition) is 5. The zero-order valence-corrected chi connectivity index (χ0v) is 17.4. The number of carboxylic acids is 1. The third-order valence-corrected chi connectivity index (χ3v) is 8.14. The monoisotopic (exact) mass is 427 g/mol. The highest BCUT2D eigenvalue weighted by Gasteiger charge is 2.61. The van der Waals surface area contributed by atoms with E-state index in [1.807, 2.05) is 0 Å². The number of fused-ring (bicyclic) bond motifs is 1. The Kier molecular flexibility index (Phi) is 5.04. The molecular formula is C22H22NO6P. The van der Waals surface area contributed by atoms with Gasteiger partial charge in [0.1, 0.15) is 5.76 Å². The molecule has 3 unspecified atom stereocenters. The van der Waals surface area contributed by atoms with Crippen LogP contribution in [0.2, 0.25) is 0 Å². The van der Waals surface area contributed by atoms with Gasteiger partial charge in [-0.1, -0.05) is 43.3 Å². The van der Waals surface area contributed by atoms with Crippen LogP contribution in [-0.4, -0.2) is 39.1 Å². The van der Waals surface area contributed by atoms with Gasteiger partial charge in [-0.05, 0) is 31.2 Å². The summed E-state index contributed by atoms with van der Waals surface area (Å²) >= 11 is 0. The molecule has 156 valence electrons. The van der Waals surface area contributed by atoms with Crippen molar-refractivity contribution in [2.45, 2.75) is 26.0 Å². The van der Waals surface area contributed by atoms with Crippen LogP contribution in [-0.2, 0) is 18.7 Å². The first-order chi connectivity index (χ1) is 14.3. The van der Waals surface area contributed by atoms with Crippen LogP contribution >= 0.6 is 7.37 Å². The molecule has 0 bridgehead atoms. The maximum Gasteiger partial charge on any atom is 0.356 e. The van der Waals surface area contributed by atoms with Gasteiger partial charge in [-0.2, -0.15) is 0 Å². The molecule has 0 saturated carbocycles. The largest absolute Gasteiger partial charge is 0.476 e. The highest BCUT2D eigenvalue weighted by atomic mass is 31.2. The average molecular weight is 427 g/mol. The molecule has 2 N–H and O–H groups in total. The number of hydrogen-bond donors (Lipinski definition) is 2. The average Bonchev–Trinajstić information content (AvgIpc) is 2.97. The van der Waals surface area contributed by atoms with Gasteiger partial charge < -0.3 is 14.7 Å². The number of aliphatic hydroxyl groups is 1. The molecule has 0 aliphatic carbocycles. The summed E-state index contributed by atoms with van der Waals surface area (Å²) in [6.07, 6.45) is -0.925. The highest BCUT2D eigenvalue weighted by Crippen LogP contribution is 2.54. The fraction of sp³-hybridized carbons (Fsp3) is 0.273. The summed E-state index contributed by atoms with van der Waals surface area (Å²) in [5, 5.41) is 20.7.